The number of amides is 2. The Balaban J connectivity index is 2.04. The van der Waals surface area contributed by atoms with Crippen molar-refractivity contribution < 1.29 is 22.7 Å². The van der Waals surface area contributed by atoms with E-state index in [9.17, 15) is 18.0 Å². The van der Waals surface area contributed by atoms with Crippen LogP contribution >= 0.6 is 11.3 Å². The van der Waals surface area contributed by atoms with Crippen molar-refractivity contribution in [1.82, 2.24) is 9.62 Å². The fourth-order valence-electron chi connectivity index (χ4n) is 2.31. The molecule has 1 aliphatic rings. The van der Waals surface area contributed by atoms with Gasteiger partial charge in [-0.15, -0.1) is 11.3 Å². The number of sulfonamides is 1. The summed E-state index contributed by atoms with van der Waals surface area (Å²) in [5.74, 6) is -1.14. The minimum atomic E-state index is -3.85. The van der Waals surface area contributed by atoms with Gasteiger partial charge in [0, 0.05) is 18.0 Å². The summed E-state index contributed by atoms with van der Waals surface area (Å²) in [6.45, 7) is 2.46. The van der Waals surface area contributed by atoms with Crippen LogP contribution in [0.25, 0.3) is 0 Å². The van der Waals surface area contributed by atoms with E-state index >= 15 is 0 Å². The molecule has 1 N–H and O–H groups in total. The lowest BCUT2D eigenvalue weighted by atomic mass is 9.98. The molecule has 1 aromatic rings. The molecule has 1 aliphatic heterocycles. The molecule has 0 unspecified atom stereocenters. The maximum Gasteiger partial charge on any atom is 0.409 e. The van der Waals surface area contributed by atoms with E-state index in [-0.39, 0.29) is 10.8 Å². The summed E-state index contributed by atoms with van der Waals surface area (Å²) < 4.78 is 31.1. The lowest BCUT2D eigenvalue weighted by molar-refractivity contribution is -0.124. The van der Waals surface area contributed by atoms with Gasteiger partial charge in [-0.2, -0.15) is 0 Å². The smallest absolute Gasteiger partial charge is 0.409 e. The summed E-state index contributed by atoms with van der Waals surface area (Å²) in [7, 11) is -2.57. The molecule has 0 saturated carbocycles. The Kier molecular flexibility index (Phi) is 5.07. The number of nitrogens with zero attached hydrogens (tertiary/aromatic N) is 1. The van der Waals surface area contributed by atoms with Gasteiger partial charge in [-0.05, 0) is 31.9 Å². The van der Waals surface area contributed by atoms with Crippen LogP contribution in [-0.4, -0.2) is 45.5 Å². The molecule has 0 bridgehead atoms. The van der Waals surface area contributed by atoms with Crippen molar-refractivity contribution in [3.8, 4) is 0 Å². The quantitative estimate of drug-likeness (QED) is 0.891. The van der Waals surface area contributed by atoms with E-state index in [4.69, 9.17) is 0 Å². The second-order valence-electron chi connectivity index (χ2n) is 5.09. The van der Waals surface area contributed by atoms with Crippen LogP contribution in [-0.2, 0) is 19.6 Å². The van der Waals surface area contributed by atoms with Crippen molar-refractivity contribution in [3.05, 3.63) is 17.0 Å². The van der Waals surface area contributed by atoms with E-state index in [1.54, 1.807) is 13.0 Å². The highest BCUT2D eigenvalue weighted by molar-refractivity contribution is 7.92. The van der Waals surface area contributed by atoms with Crippen molar-refractivity contribution >= 4 is 33.4 Å². The third-order valence-corrected chi connectivity index (χ3v) is 6.28. The number of piperidine rings is 1. The maximum absolute atomic E-state index is 12.2. The Morgan fingerprint density at radius 2 is 2.14 bits per heavy atom. The molecule has 0 aromatic carbocycles. The lowest BCUT2D eigenvalue weighted by Crippen LogP contribution is -2.46. The number of likely N-dealkylation sites (tertiary alicyclic amines) is 1. The molecule has 0 spiro atoms. The van der Waals surface area contributed by atoms with Crippen molar-refractivity contribution in [2.24, 2.45) is 5.92 Å². The van der Waals surface area contributed by atoms with Crippen LogP contribution in [0.15, 0.2) is 16.3 Å². The molecule has 122 valence electrons. The first-order valence-electron chi connectivity index (χ1n) is 6.79. The van der Waals surface area contributed by atoms with Gasteiger partial charge in [0.05, 0.1) is 13.0 Å². The minimum Gasteiger partial charge on any atom is -0.453 e. The predicted octanol–water partition coefficient (Wildman–Crippen LogP) is 1.34. The maximum atomic E-state index is 12.2. The zero-order valence-corrected chi connectivity index (χ0v) is 14.0. The first kappa shape index (κ1) is 16.8. The summed E-state index contributed by atoms with van der Waals surface area (Å²) in [6.07, 6.45) is 0.665. The van der Waals surface area contributed by atoms with Crippen molar-refractivity contribution in [2.75, 3.05) is 20.2 Å². The number of hydrogen-bond donors (Lipinski definition) is 1. The number of rotatable bonds is 3. The topological polar surface area (TPSA) is 92.8 Å². The van der Waals surface area contributed by atoms with Gasteiger partial charge < -0.3 is 9.64 Å². The number of carbonyl (C=O) groups excluding carboxylic acids is 2. The molecule has 2 amide bonds. The van der Waals surface area contributed by atoms with Crippen LogP contribution in [0.3, 0.4) is 0 Å². The molecule has 9 heteroatoms. The number of carbonyl (C=O) groups is 2. The fraction of sp³-hybridized carbons (Fsp3) is 0.538. The minimum absolute atomic E-state index is 0.110. The summed E-state index contributed by atoms with van der Waals surface area (Å²) >= 11 is 1.11. The van der Waals surface area contributed by atoms with Gasteiger partial charge >= 0.3 is 6.09 Å². The molecular formula is C13H18N2O5S2. The Hall–Kier alpha value is -1.61. The number of nitrogens with one attached hydrogen (secondary N) is 1. The summed E-state index contributed by atoms with van der Waals surface area (Å²) in [6, 6.07) is 3.15. The van der Waals surface area contributed by atoms with E-state index in [0.29, 0.717) is 19.4 Å². The van der Waals surface area contributed by atoms with Crippen LogP contribution in [0, 0.1) is 12.8 Å². The molecule has 2 rings (SSSR count). The number of methoxy groups -OCH3 is 1. The molecule has 1 fully saturated rings. The van der Waals surface area contributed by atoms with Gasteiger partial charge in [0.25, 0.3) is 10.0 Å². The Morgan fingerprint density at radius 3 is 2.73 bits per heavy atom. The van der Waals surface area contributed by atoms with Gasteiger partial charge in [-0.3, -0.25) is 4.79 Å². The Labute approximate surface area is 133 Å². The lowest BCUT2D eigenvalue weighted by Gasteiger charge is -2.30. The Morgan fingerprint density at radius 1 is 1.41 bits per heavy atom. The highest BCUT2D eigenvalue weighted by Gasteiger charge is 2.31. The molecule has 7 nitrogen and oxygen atoms in total. The average Bonchev–Trinajstić information content (AvgIpc) is 2.93. The van der Waals surface area contributed by atoms with Crippen LogP contribution < -0.4 is 4.72 Å². The first-order valence-corrected chi connectivity index (χ1v) is 9.09. The monoisotopic (exact) mass is 346 g/mol. The second kappa shape index (κ2) is 6.66. The predicted molar refractivity (Wildman–Crippen MR) is 81.1 cm³/mol. The first-order chi connectivity index (χ1) is 10.3. The largest absolute Gasteiger partial charge is 0.453 e. The third-order valence-electron chi connectivity index (χ3n) is 3.44. The van der Waals surface area contributed by atoms with Crippen LogP contribution in [0.5, 0.6) is 0 Å². The van der Waals surface area contributed by atoms with Crippen molar-refractivity contribution in [3.63, 3.8) is 0 Å². The molecule has 1 atom stereocenters. The van der Waals surface area contributed by atoms with Crippen molar-refractivity contribution in [1.29, 1.82) is 0 Å². The highest BCUT2D eigenvalue weighted by atomic mass is 32.2. The van der Waals surface area contributed by atoms with Crippen LogP contribution in [0.1, 0.15) is 17.7 Å². The highest BCUT2D eigenvalue weighted by Crippen LogP contribution is 2.22. The van der Waals surface area contributed by atoms with Gasteiger partial charge in [0.1, 0.15) is 4.21 Å². The van der Waals surface area contributed by atoms with Gasteiger partial charge in [0.2, 0.25) is 5.91 Å². The standard InChI is InChI=1S/C13H18N2O5S2/c1-9-5-6-11(21-9)22(18,19)14-12(16)10-4-3-7-15(8-10)13(17)20-2/h5-6,10H,3-4,7-8H2,1-2H3,(H,14,16)/t10-/m1/s1. The molecule has 2 heterocycles. The zero-order chi connectivity index (χ0) is 16.3. The van der Waals surface area contributed by atoms with E-state index in [1.807, 2.05) is 0 Å². The van der Waals surface area contributed by atoms with Gasteiger partial charge in [-0.25, -0.2) is 17.9 Å². The van der Waals surface area contributed by atoms with Crippen molar-refractivity contribution in [2.45, 2.75) is 24.0 Å². The second-order valence-corrected chi connectivity index (χ2v) is 8.29. The fourth-order valence-corrected chi connectivity index (χ4v) is 4.64. The number of ether oxygens (including phenoxy) is 1. The summed E-state index contributed by atoms with van der Waals surface area (Å²) in [5.41, 5.74) is 0. The number of hydrogen-bond acceptors (Lipinski definition) is 6. The van der Waals surface area contributed by atoms with E-state index in [2.05, 4.69) is 9.46 Å². The summed E-state index contributed by atoms with van der Waals surface area (Å²) in [4.78, 5) is 25.9. The summed E-state index contributed by atoms with van der Waals surface area (Å²) in [5, 5.41) is 0. The van der Waals surface area contributed by atoms with Gasteiger partial charge in [-0.1, -0.05) is 0 Å². The number of aryl methyl sites for hydroxylation is 1. The Bertz CT molecular complexity index is 668. The molecular weight excluding hydrogens is 328 g/mol. The van der Waals surface area contributed by atoms with Gasteiger partial charge in [0.15, 0.2) is 0 Å². The molecule has 22 heavy (non-hydrogen) atoms. The van der Waals surface area contributed by atoms with E-state index in [0.717, 1.165) is 16.2 Å². The third kappa shape index (κ3) is 3.77. The number of thiophene rings is 1. The molecule has 0 aliphatic carbocycles. The molecule has 1 aromatic heterocycles. The van der Waals surface area contributed by atoms with E-state index < -0.39 is 27.9 Å². The molecule has 0 radical (unpaired) electrons. The zero-order valence-electron chi connectivity index (χ0n) is 12.4. The van der Waals surface area contributed by atoms with Crippen LogP contribution in [0.2, 0.25) is 0 Å². The van der Waals surface area contributed by atoms with Crippen LogP contribution in [0.4, 0.5) is 4.79 Å². The average molecular weight is 346 g/mol. The van der Waals surface area contributed by atoms with E-state index in [1.165, 1.54) is 18.1 Å². The SMILES string of the molecule is COC(=O)N1CCC[C@@H](C(=O)NS(=O)(=O)c2ccc(C)s2)C1. The molecule has 1 saturated heterocycles. The normalized spacial score (nSPS) is 18.8.